The first-order valence-corrected chi connectivity index (χ1v) is 18.9. The molecule has 0 bridgehead atoms. The number of hydrogen-bond acceptors (Lipinski definition) is 17. The van der Waals surface area contributed by atoms with Crippen LogP contribution in [0.3, 0.4) is 0 Å². The van der Waals surface area contributed by atoms with E-state index in [9.17, 15) is 35.7 Å². The number of fused-ring (bicyclic) bond motifs is 2. The molecule has 8 rings (SSSR count). The minimum atomic E-state index is -1.98. The van der Waals surface area contributed by atoms with Crippen molar-refractivity contribution in [3.05, 3.63) is 48.3 Å². The summed E-state index contributed by atoms with van der Waals surface area (Å²) in [7, 11) is 0. The van der Waals surface area contributed by atoms with E-state index >= 15 is 0 Å². The summed E-state index contributed by atoms with van der Waals surface area (Å²) in [6.07, 6.45) is -3.75. The van der Waals surface area contributed by atoms with Gasteiger partial charge in [0, 0.05) is 12.8 Å². The molecule has 56 heavy (non-hydrogen) atoms. The summed E-state index contributed by atoms with van der Waals surface area (Å²) in [5.41, 5.74) is 9.60. The smallest absolute Gasteiger partial charge is 0.431 e. The van der Waals surface area contributed by atoms with Gasteiger partial charge in [0.2, 0.25) is 0 Å². The molecule has 4 fully saturated rings. The third kappa shape index (κ3) is 6.34. The number of rotatable bonds is 10. The highest BCUT2D eigenvalue weighted by molar-refractivity contribution is 5.66. The Morgan fingerprint density at radius 1 is 0.750 bits per heavy atom. The van der Waals surface area contributed by atoms with Gasteiger partial charge in [0.25, 0.3) is 0 Å². The van der Waals surface area contributed by atoms with Crippen molar-refractivity contribution >= 4 is 28.8 Å². The first-order chi connectivity index (χ1) is 27.0. The van der Waals surface area contributed by atoms with Gasteiger partial charge >= 0.3 is 6.16 Å². The summed E-state index contributed by atoms with van der Waals surface area (Å²) >= 11 is 0. The molecule has 4 aromatic rings. The highest BCUT2D eigenvalue weighted by Crippen LogP contribution is 2.47. The van der Waals surface area contributed by atoms with Crippen LogP contribution in [-0.2, 0) is 18.9 Å². The van der Waals surface area contributed by atoms with Crippen LogP contribution < -0.4 is 11.5 Å². The summed E-state index contributed by atoms with van der Waals surface area (Å²) in [5.74, 6) is -0.0308. The Kier molecular flexibility index (Phi) is 9.94. The van der Waals surface area contributed by atoms with Crippen LogP contribution in [0.4, 0.5) is 16.4 Å². The molecule has 2 saturated carbocycles. The fourth-order valence-corrected chi connectivity index (χ4v) is 9.22. The number of nitrogens with zero attached hydrogens (tertiary/aromatic N) is 8. The normalized spacial score (nSPS) is 32.1. The lowest BCUT2D eigenvalue weighted by molar-refractivity contribution is -0.107. The molecular formula is C37H44N10O9. The number of hydrogen-bond donors (Lipinski definition) is 6. The van der Waals surface area contributed by atoms with Gasteiger partial charge in [-0.3, -0.25) is 0 Å². The van der Waals surface area contributed by atoms with Crippen LogP contribution in [-0.4, -0.2) is 104 Å². The number of anilines is 2. The lowest BCUT2D eigenvalue weighted by Gasteiger charge is -2.34. The monoisotopic (exact) mass is 772 g/mol. The van der Waals surface area contributed by atoms with Crippen molar-refractivity contribution in [1.82, 2.24) is 29.2 Å². The fraction of sp³-hybridized carbons (Fsp3) is 0.595. The zero-order chi connectivity index (χ0) is 39.4. The van der Waals surface area contributed by atoms with Crippen LogP contribution >= 0.6 is 0 Å². The van der Waals surface area contributed by atoms with Crippen LogP contribution in [0.25, 0.3) is 11.0 Å². The molecule has 4 aliphatic rings. The number of ether oxygens (including phenoxy) is 4. The summed E-state index contributed by atoms with van der Waals surface area (Å²) in [6, 6.07) is 10.7. The SMILES string of the molecule is N#C[C@@]1(CC(OC(=O)OC(C[C@]2(C#N)O[C@@H](c3ccc4c(N)ncnn34)[C@H](O)[C@@H]2O)C2CCCC2)C2CCCC2)O[C@@H](c2ccc3c(N)ncnn23)[C@H](O)[C@@H]1O. The van der Waals surface area contributed by atoms with Gasteiger partial charge in [-0.1, -0.05) is 25.7 Å². The van der Waals surface area contributed by atoms with E-state index in [1.807, 2.05) is 0 Å². The second-order valence-corrected chi connectivity index (χ2v) is 15.4. The number of carbonyl (C=O) groups excluding carboxylic acids is 1. The second-order valence-electron chi connectivity index (χ2n) is 15.4. The first kappa shape index (κ1) is 37.8. The minimum absolute atomic E-state index is 0.191. The summed E-state index contributed by atoms with van der Waals surface area (Å²) in [6.45, 7) is 0. The zero-order valence-corrected chi connectivity index (χ0v) is 30.4. The van der Waals surface area contributed by atoms with Crippen molar-refractivity contribution < 1.29 is 44.2 Å². The van der Waals surface area contributed by atoms with E-state index in [4.69, 9.17) is 30.4 Å². The molecule has 19 nitrogen and oxygen atoms in total. The number of nitriles is 2. The Labute approximate surface area is 320 Å². The van der Waals surface area contributed by atoms with E-state index in [1.54, 1.807) is 24.3 Å². The molecule has 2 saturated heterocycles. The van der Waals surface area contributed by atoms with Crippen molar-refractivity contribution in [3.8, 4) is 12.1 Å². The average molecular weight is 773 g/mol. The van der Waals surface area contributed by atoms with Crippen LogP contribution in [0, 0.1) is 34.5 Å². The molecule has 10 atom stereocenters. The topological polar surface area (TPSA) is 295 Å². The van der Waals surface area contributed by atoms with Gasteiger partial charge in [-0.15, -0.1) is 0 Å². The number of aromatic nitrogens is 6. The maximum absolute atomic E-state index is 13.9. The minimum Gasteiger partial charge on any atom is -0.431 e. The predicted molar refractivity (Wildman–Crippen MR) is 191 cm³/mol. The molecule has 2 unspecified atom stereocenters. The molecule has 0 radical (unpaired) electrons. The third-order valence-corrected chi connectivity index (χ3v) is 12.2. The van der Waals surface area contributed by atoms with Gasteiger partial charge in [0.05, 0.1) is 11.4 Å². The Morgan fingerprint density at radius 2 is 1.14 bits per heavy atom. The van der Waals surface area contributed by atoms with Gasteiger partial charge in [-0.25, -0.2) is 23.8 Å². The molecular weight excluding hydrogens is 728 g/mol. The number of aliphatic hydroxyl groups excluding tert-OH is 4. The largest absolute Gasteiger partial charge is 0.508 e. The molecule has 0 amide bonds. The Balaban J connectivity index is 1.03. The molecule has 8 N–H and O–H groups in total. The highest BCUT2D eigenvalue weighted by Gasteiger charge is 2.59. The van der Waals surface area contributed by atoms with Gasteiger partial charge in [-0.05, 0) is 61.8 Å². The molecule has 2 aliphatic carbocycles. The summed E-state index contributed by atoms with van der Waals surface area (Å²) < 4.78 is 27.4. The van der Waals surface area contributed by atoms with Crippen molar-refractivity contribution in [2.45, 2.75) is 124 Å². The van der Waals surface area contributed by atoms with E-state index in [2.05, 4.69) is 32.3 Å². The summed E-state index contributed by atoms with van der Waals surface area (Å²) in [5, 5.41) is 74.8. The maximum Gasteiger partial charge on any atom is 0.508 e. The molecule has 19 heteroatoms. The van der Waals surface area contributed by atoms with Gasteiger partial charge in [0.1, 0.15) is 84.7 Å². The lowest BCUT2D eigenvalue weighted by atomic mass is 9.85. The Bertz CT molecular complexity index is 2020. The van der Waals surface area contributed by atoms with Crippen molar-refractivity contribution in [2.75, 3.05) is 11.5 Å². The number of carbonyl (C=O) groups is 1. The van der Waals surface area contributed by atoms with E-state index in [0.717, 1.165) is 25.7 Å². The molecule has 4 aromatic heterocycles. The lowest BCUT2D eigenvalue weighted by Crippen LogP contribution is -2.47. The van der Waals surface area contributed by atoms with Crippen LogP contribution in [0.15, 0.2) is 36.9 Å². The van der Waals surface area contributed by atoms with Crippen molar-refractivity contribution in [3.63, 3.8) is 0 Å². The molecule has 296 valence electrons. The van der Waals surface area contributed by atoms with E-state index < -0.39 is 66.2 Å². The van der Waals surface area contributed by atoms with Crippen molar-refractivity contribution in [1.29, 1.82) is 10.5 Å². The number of nitrogens with two attached hydrogens (primary N) is 2. The van der Waals surface area contributed by atoms with Crippen LogP contribution in [0.5, 0.6) is 0 Å². The van der Waals surface area contributed by atoms with Gasteiger partial charge < -0.3 is 50.8 Å². The van der Waals surface area contributed by atoms with Crippen LogP contribution in [0.2, 0.25) is 0 Å². The summed E-state index contributed by atoms with van der Waals surface area (Å²) in [4.78, 5) is 21.8. The number of nitrogen functional groups attached to an aromatic ring is 2. The van der Waals surface area contributed by atoms with Gasteiger partial charge in [0.15, 0.2) is 22.8 Å². The Morgan fingerprint density at radius 3 is 1.52 bits per heavy atom. The molecule has 0 aromatic carbocycles. The maximum atomic E-state index is 13.9. The fourth-order valence-electron chi connectivity index (χ4n) is 9.22. The average Bonchev–Trinajstić information content (AvgIpc) is 4.06. The zero-order valence-electron chi connectivity index (χ0n) is 30.4. The van der Waals surface area contributed by atoms with E-state index in [0.29, 0.717) is 48.1 Å². The standard InChI is InChI=1S/C37H44N10O9/c38-15-36(31(50)27(48)29(55-36)21-9-11-23-33(40)42-17-44-46(21)23)13-25(19-5-1-2-6-19)53-35(52)54-26(20-7-3-4-8-20)14-37(16-39)32(51)28(49)30(56-37)22-10-12-24-34(41)43-18-45-47(22)24/h9-12,17-20,25-32,48-51H,1-8,13-14H2,(H2,40,42,44)(H2,41,43,45)/t25?,26?,27-,28-,29-,30-,31-,32-,36+,37+/m0/s1. The van der Waals surface area contributed by atoms with Crippen molar-refractivity contribution in [2.24, 2.45) is 11.8 Å². The highest BCUT2D eigenvalue weighted by atomic mass is 16.7. The van der Waals surface area contributed by atoms with Crippen LogP contribution in [0.1, 0.15) is 87.8 Å². The Hall–Kier alpha value is -5.15. The van der Waals surface area contributed by atoms with E-state index in [1.165, 1.54) is 21.7 Å². The quantitative estimate of drug-likeness (QED) is 0.125. The first-order valence-electron chi connectivity index (χ1n) is 18.9. The van der Waals surface area contributed by atoms with Gasteiger partial charge in [-0.2, -0.15) is 20.7 Å². The molecule has 6 heterocycles. The number of aliphatic hydroxyl groups is 4. The van der Waals surface area contributed by atoms with E-state index in [-0.39, 0.29) is 36.3 Å². The molecule has 2 aliphatic heterocycles. The second kappa shape index (κ2) is 14.7. The third-order valence-electron chi connectivity index (χ3n) is 12.2. The molecule has 0 spiro atoms. The predicted octanol–water partition coefficient (Wildman–Crippen LogP) is 1.80.